The van der Waals surface area contributed by atoms with Crippen LogP contribution in [0.3, 0.4) is 0 Å². The molecule has 0 bridgehead atoms. The summed E-state index contributed by atoms with van der Waals surface area (Å²) in [7, 11) is 0. The molecule has 0 radical (unpaired) electrons. The highest BCUT2D eigenvalue weighted by Gasteiger charge is 2.38. The van der Waals surface area contributed by atoms with Gasteiger partial charge in [0.15, 0.2) is 5.96 Å². The fraction of sp³-hybridized carbons (Fsp3) is 0.517. The molecule has 1 aromatic heterocycles. The van der Waals surface area contributed by atoms with E-state index >= 15 is 0 Å². The molecule has 9 N–H and O–H groups in total. The molecule has 43 heavy (non-hydrogen) atoms. The van der Waals surface area contributed by atoms with E-state index in [1.54, 1.807) is 25.1 Å². The molecule has 1 aromatic carbocycles. The molecule has 14 nitrogen and oxygen atoms in total. The molecule has 0 saturated carbocycles. The van der Waals surface area contributed by atoms with Gasteiger partial charge in [-0.05, 0) is 76.1 Å². The maximum absolute atomic E-state index is 13.5. The van der Waals surface area contributed by atoms with Gasteiger partial charge in [-0.3, -0.25) is 24.2 Å². The lowest BCUT2D eigenvalue weighted by Crippen LogP contribution is -2.55. The Morgan fingerprint density at radius 3 is 2.51 bits per heavy atom. The smallest absolute Gasteiger partial charge is 0.336 e. The van der Waals surface area contributed by atoms with Crippen molar-refractivity contribution in [3.63, 3.8) is 0 Å². The fourth-order valence-electron chi connectivity index (χ4n) is 5.17. The number of aliphatic imine (C=N–C) groups is 1. The molecule has 1 fully saturated rings. The number of nitrogens with zero attached hydrogens (tertiary/aromatic N) is 2. The third-order valence-corrected chi connectivity index (χ3v) is 7.26. The van der Waals surface area contributed by atoms with Gasteiger partial charge in [-0.25, -0.2) is 4.79 Å². The summed E-state index contributed by atoms with van der Waals surface area (Å²) in [6.45, 7) is 4.20. The van der Waals surface area contributed by atoms with Crippen molar-refractivity contribution in [2.75, 3.05) is 25.0 Å². The first-order valence-electron chi connectivity index (χ1n) is 14.5. The summed E-state index contributed by atoms with van der Waals surface area (Å²) >= 11 is 0. The summed E-state index contributed by atoms with van der Waals surface area (Å²) in [5.41, 5.74) is 17.3. The van der Waals surface area contributed by atoms with E-state index in [0.717, 1.165) is 10.9 Å². The van der Waals surface area contributed by atoms with E-state index in [1.165, 1.54) is 17.9 Å². The highest BCUT2D eigenvalue weighted by Crippen LogP contribution is 2.22. The number of carbonyl (C=O) groups excluding carboxylic acids is 4. The third-order valence-electron chi connectivity index (χ3n) is 7.26. The summed E-state index contributed by atoms with van der Waals surface area (Å²) in [5, 5.41) is 9.01. The van der Waals surface area contributed by atoms with Gasteiger partial charge in [0.2, 0.25) is 23.6 Å². The standard InChI is InChI=1S/C29H42N8O6/c1-17-15-25(39)43-24-16-19(10-11-20(17)24)35-26(40)21(8-5-13-33-29(31)32)36-27(41)23-9-6-14-37(23)28(42)22(34-18(2)38)7-3-4-12-30/h10-11,15-16,21-23H,3-9,12-14,30H2,1-2H3,(H,34,38)(H,35,40)(H,36,41)(H4,31,32,33). The van der Waals surface area contributed by atoms with E-state index in [1.807, 2.05) is 0 Å². The van der Waals surface area contributed by atoms with E-state index in [9.17, 15) is 24.0 Å². The zero-order valence-electron chi connectivity index (χ0n) is 24.7. The summed E-state index contributed by atoms with van der Waals surface area (Å²) in [5.74, 6) is -1.74. The minimum Gasteiger partial charge on any atom is -0.423 e. The molecular weight excluding hydrogens is 556 g/mol. The molecule has 2 heterocycles. The van der Waals surface area contributed by atoms with Crippen LogP contribution in [0.15, 0.2) is 38.5 Å². The number of guanidine groups is 1. The summed E-state index contributed by atoms with van der Waals surface area (Å²) in [4.78, 5) is 69.4. The Kier molecular flexibility index (Phi) is 12.0. The maximum Gasteiger partial charge on any atom is 0.336 e. The Hall–Kier alpha value is -4.46. The van der Waals surface area contributed by atoms with E-state index in [2.05, 4.69) is 20.9 Å². The number of hydrogen-bond donors (Lipinski definition) is 6. The van der Waals surface area contributed by atoms with Gasteiger partial charge in [-0.15, -0.1) is 0 Å². The zero-order chi connectivity index (χ0) is 31.5. The lowest BCUT2D eigenvalue weighted by molar-refractivity contribution is -0.142. The van der Waals surface area contributed by atoms with Gasteiger partial charge in [-0.1, -0.05) is 0 Å². The molecule has 4 amide bonds. The van der Waals surface area contributed by atoms with E-state index in [4.69, 9.17) is 21.6 Å². The topological polar surface area (TPSA) is 228 Å². The quantitative estimate of drug-likeness (QED) is 0.0754. The summed E-state index contributed by atoms with van der Waals surface area (Å²) in [6.07, 6.45) is 3.37. The number of amides is 4. The molecule has 234 valence electrons. The van der Waals surface area contributed by atoms with Crippen LogP contribution in [0.5, 0.6) is 0 Å². The minimum absolute atomic E-state index is 0.0849. The van der Waals surface area contributed by atoms with Crippen LogP contribution in [0, 0.1) is 6.92 Å². The molecule has 3 atom stereocenters. The van der Waals surface area contributed by atoms with Crippen LogP contribution >= 0.6 is 0 Å². The monoisotopic (exact) mass is 598 g/mol. The molecule has 14 heteroatoms. The highest BCUT2D eigenvalue weighted by atomic mass is 16.4. The molecule has 3 unspecified atom stereocenters. The van der Waals surface area contributed by atoms with E-state index in [0.29, 0.717) is 62.9 Å². The number of fused-ring (bicyclic) bond motifs is 1. The summed E-state index contributed by atoms with van der Waals surface area (Å²) in [6, 6.07) is 3.79. The van der Waals surface area contributed by atoms with Crippen molar-refractivity contribution in [3.8, 4) is 0 Å². The molecule has 1 aliphatic heterocycles. The number of likely N-dealkylation sites (tertiary alicyclic amines) is 1. The lowest BCUT2D eigenvalue weighted by Gasteiger charge is -2.29. The van der Waals surface area contributed by atoms with Crippen molar-refractivity contribution in [1.82, 2.24) is 15.5 Å². The molecule has 0 spiro atoms. The molecular formula is C29H42N8O6. The number of nitrogens with one attached hydrogen (secondary N) is 3. The zero-order valence-corrected chi connectivity index (χ0v) is 24.7. The minimum atomic E-state index is -0.977. The molecule has 2 aromatic rings. The van der Waals surface area contributed by atoms with Crippen LogP contribution in [-0.2, 0) is 19.2 Å². The van der Waals surface area contributed by atoms with Gasteiger partial charge < -0.3 is 42.5 Å². The van der Waals surface area contributed by atoms with Crippen LogP contribution in [0.25, 0.3) is 11.0 Å². The number of nitrogens with two attached hydrogens (primary N) is 3. The predicted molar refractivity (Wildman–Crippen MR) is 163 cm³/mol. The van der Waals surface area contributed by atoms with Crippen molar-refractivity contribution >= 4 is 46.2 Å². The third kappa shape index (κ3) is 9.53. The van der Waals surface area contributed by atoms with Crippen LogP contribution < -0.4 is 38.8 Å². The highest BCUT2D eigenvalue weighted by molar-refractivity contribution is 6.00. The second-order valence-corrected chi connectivity index (χ2v) is 10.7. The van der Waals surface area contributed by atoms with Crippen molar-refractivity contribution in [2.45, 2.75) is 76.9 Å². The van der Waals surface area contributed by atoms with Crippen LogP contribution in [0.2, 0.25) is 0 Å². The summed E-state index contributed by atoms with van der Waals surface area (Å²) < 4.78 is 5.28. The fourth-order valence-corrected chi connectivity index (χ4v) is 5.17. The van der Waals surface area contributed by atoms with Crippen LogP contribution in [0.4, 0.5) is 5.69 Å². The van der Waals surface area contributed by atoms with Crippen molar-refractivity contribution in [3.05, 3.63) is 40.2 Å². The van der Waals surface area contributed by atoms with Crippen molar-refractivity contribution in [1.29, 1.82) is 0 Å². The predicted octanol–water partition coefficient (Wildman–Crippen LogP) is 0.203. The number of unbranched alkanes of at least 4 members (excludes halogenated alkanes) is 1. The molecule has 0 aliphatic carbocycles. The van der Waals surface area contributed by atoms with Gasteiger partial charge in [-0.2, -0.15) is 0 Å². The first-order valence-corrected chi connectivity index (χ1v) is 14.5. The lowest BCUT2D eigenvalue weighted by atomic mass is 10.1. The Labute approximate surface area is 249 Å². The van der Waals surface area contributed by atoms with Gasteiger partial charge in [0.1, 0.15) is 23.7 Å². The molecule has 1 aliphatic rings. The Morgan fingerprint density at radius 2 is 1.81 bits per heavy atom. The number of carbonyl (C=O) groups is 4. The average molecular weight is 599 g/mol. The van der Waals surface area contributed by atoms with Gasteiger partial charge in [0, 0.05) is 43.2 Å². The normalized spacial score (nSPS) is 15.9. The Morgan fingerprint density at radius 1 is 1.07 bits per heavy atom. The van der Waals surface area contributed by atoms with Crippen molar-refractivity contribution < 1.29 is 23.6 Å². The van der Waals surface area contributed by atoms with Crippen molar-refractivity contribution in [2.24, 2.45) is 22.2 Å². The molecule has 3 rings (SSSR count). The second kappa shape index (κ2) is 15.7. The Balaban J connectivity index is 1.76. The number of anilines is 1. The van der Waals surface area contributed by atoms with Crippen LogP contribution in [0.1, 0.15) is 57.4 Å². The first-order chi connectivity index (χ1) is 20.5. The average Bonchev–Trinajstić information content (AvgIpc) is 3.43. The largest absolute Gasteiger partial charge is 0.423 e. The maximum atomic E-state index is 13.5. The number of aryl methyl sites for hydroxylation is 1. The SMILES string of the molecule is CC(=O)NC(CCCCN)C(=O)N1CCCC1C(=O)NC(CCCN=C(N)N)C(=O)Nc1ccc2c(C)cc(=O)oc2c1. The molecule has 1 saturated heterocycles. The van der Waals surface area contributed by atoms with Gasteiger partial charge in [0.25, 0.3) is 0 Å². The first kappa shape index (κ1) is 33.0. The van der Waals surface area contributed by atoms with Crippen LogP contribution in [-0.4, -0.2) is 72.2 Å². The van der Waals surface area contributed by atoms with Gasteiger partial charge in [0.05, 0.1) is 0 Å². The van der Waals surface area contributed by atoms with E-state index < -0.39 is 35.6 Å². The Bertz CT molecular complexity index is 1400. The number of rotatable bonds is 14. The number of hydrogen-bond acceptors (Lipinski definition) is 8. The van der Waals surface area contributed by atoms with Gasteiger partial charge >= 0.3 is 5.63 Å². The number of benzene rings is 1. The second-order valence-electron chi connectivity index (χ2n) is 10.7. The van der Waals surface area contributed by atoms with E-state index in [-0.39, 0.29) is 30.7 Å².